The highest BCUT2D eigenvalue weighted by atomic mass is 32.1. The van der Waals surface area contributed by atoms with Crippen LogP contribution >= 0.6 is 11.3 Å². The molecule has 0 aliphatic carbocycles. The minimum Gasteiger partial charge on any atom is -0.340 e. The number of aryl methyl sites for hydroxylation is 1. The summed E-state index contributed by atoms with van der Waals surface area (Å²) in [5, 5.41) is 3.33. The third-order valence-electron chi connectivity index (χ3n) is 5.11. The zero-order chi connectivity index (χ0) is 15.7. The molecule has 5 heteroatoms. The normalized spacial score (nSPS) is 27.1. The lowest BCUT2D eigenvalue weighted by molar-refractivity contribution is -0.141. The quantitative estimate of drug-likeness (QED) is 0.858. The first-order valence-electron chi connectivity index (χ1n) is 8.40. The molecule has 0 radical (unpaired) electrons. The largest absolute Gasteiger partial charge is 0.340 e. The molecular weight excluding hydrogens is 294 g/mol. The van der Waals surface area contributed by atoms with Gasteiger partial charge in [-0.05, 0) is 46.6 Å². The zero-order valence-electron chi connectivity index (χ0n) is 14.0. The SMILES string of the molecule is Cc1nc(CN2CCC[C@]3(CCC(=O)N(C(C)C)C3)C2)cs1. The molecular formula is C17H27N3OS. The van der Waals surface area contributed by atoms with Crippen LogP contribution in [0.2, 0.25) is 0 Å². The van der Waals surface area contributed by atoms with Crippen molar-refractivity contribution < 1.29 is 4.79 Å². The molecule has 3 heterocycles. The Kier molecular flexibility index (Phi) is 4.55. The third-order valence-corrected chi connectivity index (χ3v) is 5.93. The van der Waals surface area contributed by atoms with Gasteiger partial charge in [-0.25, -0.2) is 4.98 Å². The van der Waals surface area contributed by atoms with Gasteiger partial charge in [-0.15, -0.1) is 11.3 Å². The van der Waals surface area contributed by atoms with E-state index in [1.54, 1.807) is 11.3 Å². The predicted molar refractivity (Wildman–Crippen MR) is 89.9 cm³/mol. The number of aromatic nitrogens is 1. The first kappa shape index (κ1) is 15.9. The third kappa shape index (κ3) is 3.35. The van der Waals surface area contributed by atoms with Crippen molar-refractivity contribution in [2.75, 3.05) is 19.6 Å². The second-order valence-electron chi connectivity index (χ2n) is 7.29. The minimum absolute atomic E-state index is 0.307. The van der Waals surface area contributed by atoms with Gasteiger partial charge in [-0.3, -0.25) is 9.69 Å². The average molecular weight is 321 g/mol. The Bertz CT molecular complexity index is 542. The number of piperidine rings is 2. The maximum Gasteiger partial charge on any atom is 0.222 e. The van der Waals surface area contributed by atoms with Crippen LogP contribution in [-0.2, 0) is 11.3 Å². The summed E-state index contributed by atoms with van der Waals surface area (Å²) in [6.07, 6.45) is 4.28. The van der Waals surface area contributed by atoms with Gasteiger partial charge >= 0.3 is 0 Å². The summed E-state index contributed by atoms with van der Waals surface area (Å²) in [5.41, 5.74) is 1.51. The minimum atomic E-state index is 0.307. The maximum atomic E-state index is 12.1. The fourth-order valence-corrected chi connectivity index (χ4v) is 4.61. The zero-order valence-corrected chi connectivity index (χ0v) is 14.8. The molecule has 1 atom stereocenters. The first-order valence-corrected chi connectivity index (χ1v) is 9.28. The second-order valence-corrected chi connectivity index (χ2v) is 8.35. The number of rotatable bonds is 3. The van der Waals surface area contributed by atoms with Gasteiger partial charge in [0.1, 0.15) is 0 Å². The van der Waals surface area contributed by atoms with Crippen molar-refractivity contribution in [2.45, 2.75) is 59.0 Å². The molecule has 2 saturated heterocycles. The van der Waals surface area contributed by atoms with Gasteiger partial charge in [-0.1, -0.05) is 0 Å². The topological polar surface area (TPSA) is 36.4 Å². The predicted octanol–water partition coefficient (Wildman–Crippen LogP) is 3.06. The summed E-state index contributed by atoms with van der Waals surface area (Å²) in [5.74, 6) is 0.341. The lowest BCUT2D eigenvalue weighted by Gasteiger charge is -2.49. The number of thiazole rings is 1. The second kappa shape index (κ2) is 6.28. The van der Waals surface area contributed by atoms with Crippen molar-refractivity contribution in [1.29, 1.82) is 0 Å². The number of carbonyl (C=O) groups excluding carboxylic acids is 1. The summed E-state index contributed by atoms with van der Waals surface area (Å²) in [6.45, 7) is 10.5. The molecule has 2 fully saturated rings. The molecule has 4 nitrogen and oxygen atoms in total. The molecule has 1 amide bonds. The Hall–Kier alpha value is -0.940. The number of likely N-dealkylation sites (tertiary alicyclic amines) is 2. The fraction of sp³-hybridized carbons (Fsp3) is 0.765. The standard InChI is InChI=1S/C17H27N3OS/c1-13(2)20-12-17(7-5-16(20)21)6-4-8-19(11-17)9-15-10-22-14(3)18-15/h10,13H,4-9,11-12H2,1-3H3/t17-/m0/s1. The van der Waals surface area contributed by atoms with Crippen LogP contribution < -0.4 is 0 Å². The van der Waals surface area contributed by atoms with E-state index in [1.165, 1.54) is 18.5 Å². The molecule has 1 aromatic rings. The molecule has 1 aromatic heterocycles. The van der Waals surface area contributed by atoms with Crippen LogP contribution in [0.5, 0.6) is 0 Å². The van der Waals surface area contributed by atoms with E-state index in [0.29, 0.717) is 17.4 Å². The molecule has 0 N–H and O–H groups in total. The van der Waals surface area contributed by atoms with Gasteiger partial charge in [0, 0.05) is 42.9 Å². The van der Waals surface area contributed by atoms with E-state index < -0.39 is 0 Å². The average Bonchev–Trinajstić information content (AvgIpc) is 2.87. The van der Waals surface area contributed by atoms with Crippen LogP contribution in [0.3, 0.4) is 0 Å². The van der Waals surface area contributed by atoms with E-state index in [1.807, 2.05) is 0 Å². The van der Waals surface area contributed by atoms with Crippen LogP contribution in [0.1, 0.15) is 50.2 Å². The van der Waals surface area contributed by atoms with Gasteiger partial charge < -0.3 is 4.90 Å². The molecule has 3 rings (SSSR count). The summed E-state index contributed by atoms with van der Waals surface area (Å²) in [7, 11) is 0. The van der Waals surface area contributed by atoms with E-state index in [9.17, 15) is 4.79 Å². The molecule has 2 aliphatic heterocycles. The number of amides is 1. The molecule has 0 aromatic carbocycles. The van der Waals surface area contributed by atoms with E-state index in [4.69, 9.17) is 0 Å². The van der Waals surface area contributed by atoms with Gasteiger partial charge in [0.25, 0.3) is 0 Å². The van der Waals surface area contributed by atoms with Crippen molar-refractivity contribution in [3.8, 4) is 0 Å². The lowest BCUT2D eigenvalue weighted by atomic mass is 9.73. The number of hydrogen-bond acceptors (Lipinski definition) is 4. The smallest absolute Gasteiger partial charge is 0.222 e. The van der Waals surface area contributed by atoms with Crippen molar-refractivity contribution in [2.24, 2.45) is 5.41 Å². The molecule has 1 spiro atoms. The van der Waals surface area contributed by atoms with Gasteiger partial charge in [0.05, 0.1) is 10.7 Å². The number of carbonyl (C=O) groups is 1. The van der Waals surface area contributed by atoms with Crippen LogP contribution in [0.4, 0.5) is 0 Å². The van der Waals surface area contributed by atoms with E-state index in [0.717, 1.165) is 44.0 Å². The van der Waals surface area contributed by atoms with Crippen molar-refractivity contribution in [1.82, 2.24) is 14.8 Å². The van der Waals surface area contributed by atoms with Crippen LogP contribution in [0, 0.1) is 12.3 Å². The van der Waals surface area contributed by atoms with Crippen molar-refractivity contribution >= 4 is 17.2 Å². The molecule has 0 unspecified atom stereocenters. The lowest BCUT2D eigenvalue weighted by Crippen LogP contribution is -2.55. The highest BCUT2D eigenvalue weighted by Gasteiger charge is 2.42. The molecule has 0 bridgehead atoms. The molecule has 122 valence electrons. The Balaban J connectivity index is 1.67. The fourth-order valence-electron chi connectivity index (χ4n) is 4.00. The maximum absolute atomic E-state index is 12.1. The Morgan fingerprint density at radius 3 is 2.86 bits per heavy atom. The van der Waals surface area contributed by atoms with Gasteiger partial charge in [0.2, 0.25) is 5.91 Å². The van der Waals surface area contributed by atoms with E-state index in [-0.39, 0.29) is 0 Å². The van der Waals surface area contributed by atoms with Crippen LogP contribution in [0.25, 0.3) is 0 Å². The highest BCUT2D eigenvalue weighted by Crippen LogP contribution is 2.39. The van der Waals surface area contributed by atoms with Crippen LogP contribution in [-0.4, -0.2) is 46.4 Å². The summed E-state index contributed by atoms with van der Waals surface area (Å²) >= 11 is 1.73. The Labute approximate surface area is 137 Å². The molecule has 22 heavy (non-hydrogen) atoms. The number of nitrogens with zero attached hydrogens (tertiary/aromatic N) is 3. The summed E-state index contributed by atoms with van der Waals surface area (Å²) < 4.78 is 0. The highest BCUT2D eigenvalue weighted by molar-refractivity contribution is 7.09. The Morgan fingerprint density at radius 2 is 2.18 bits per heavy atom. The van der Waals surface area contributed by atoms with Gasteiger partial charge in [-0.2, -0.15) is 0 Å². The molecule has 2 aliphatic rings. The monoisotopic (exact) mass is 321 g/mol. The molecule has 0 saturated carbocycles. The van der Waals surface area contributed by atoms with Crippen LogP contribution in [0.15, 0.2) is 5.38 Å². The van der Waals surface area contributed by atoms with E-state index >= 15 is 0 Å². The first-order chi connectivity index (χ1) is 10.5. The van der Waals surface area contributed by atoms with E-state index in [2.05, 4.69) is 40.9 Å². The summed E-state index contributed by atoms with van der Waals surface area (Å²) in [6, 6.07) is 0.321. The Morgan fingerprint density at radius 1 is 1.36 bits per heavy atom. The summed E-state index contributed by atoms with van der Waals surface area (Å²) in [4.78, 5) is 21.4. The van der Waals surface area contributed by atoms with Gasteiger partial charge in [0.15, 0.2) is 0 Å². The number of hydrogen-bond donors (Lipinski definition) is 0. The van der Waals surface area contributed by atoms with Crippen molar-refractivity contribution in [3.05, 3.63) is 16.1 Å². The van der Waals surface area contributed by atoms with Crippen molar-refractivity contribution in [3.63, 3.8) is 0 Å².